The fourth-order valence-electron chi connectivity index (χ4n) is 4.63. The zero-order valence-electron chi connectivity index (χ0n) is 19.4. The maximum Gasteiger partial charge on any atom is 0.323 e. The summed E-state index contributed by atoms with van der Waals surface area (Å²) < 4.78 is 5.87. The maximum atomic E-state index is 13.3. The second kappa shape index (κ2) is 9.87. The van der Waals surface area contributed by atoms with E-state index in [1.165, 1.54) is 0 Å². The van der Waals surface area contributed by atoms with Crippen molar-refractivity contribution in [3.63, 3.8) is 0 Å². The Kier molecular flexibility index (Phi) is 6.61. The van der Waals surface area contributed by atoms with E-state index in [4.69, 9.17) is 4.74 Å². The van der Waals surface area contributed by atoms with Gasteiger partial charge in [-0.05, 0) is 30.7 Å². The van der Waals surface area contributed by atoms with Crippen LogP contribution in [0.4, 0.5) is 5.69 Å². The molecule has 1 aromatic heterocycles. The zero-order chi connectivity index (χ0) is 26.3. The number of ether oxygens (including phenoxy) is 1. The van der Waals surface area contributed by atoms with Gasteiger partial charge in [-0.25, -0.2) is 0 Å². The van der Waals surface area contributed by atoms with Gasteiger partial charge in [-0.1, -0.05) is 53.4 Å². The molecule has 2 aliphatic rings. The first-order chi connectivity index (χ1) is 17.7. The van der Waals surface area contributed by atoms with E-state index in [-0.39, 0.29) is 17.4 Å². The third-order valence-electron chi connectivity index (χ3n) is 6.12. The number of benzene rings is 2. The molecule has 3 N–H and O–H groups in total. The van der Waals surface area contributed by atoms with E-state index in [1.54, 1.807) is 30.3 Å². The minimum Gasteiger partial charge on any atom is -0.483 e. The van der Waals surface area contributed by atoms with Gasteiger partial charge in [-0.2, -0.15) is 0 Å². The summed E-state index contributed by atoms with van der Waals surface area (Å²) in [5, 5.41) is 11.6. The lowest BCUT2D eigenvalue weighted by atomic mass is 9.82. The molecule has 1 fully saturated rings. The number of nitrogens with zero attached hydrogens (tertiary/aromatic N) is 1. The Morgan fingerprint density at radius 1 is 1.11 bits per heavy atom. The molecular formula is C25H21N3O7S2. The highest BCUT2D eigenvalue weighted by molar-refractivity contribution is 8.00. The summed E-state index contributed by atoms with van der Waals surface area (Å²) in [6, 6.07) is 14.1. The lowest BCUT2D eigenvalue weighted by Crippen LogP contribution is -2.36. The number of carbonyl (C=O) groups is 4. The first-order valence-corrected chi connectivity index (χ1v) is 13.0. The van der Waals surface area contributed by atoms with Crippen LogP contribution in [-0.2, 0) is 19.2 Å². The number of para-hydroxylation sites is 1. The van der Waals surface area contributed by atoms with Crippen LogP contribution >= 0.6 is 23.1 Å². The van der Waals surface area contributed by atoms with E-state index < -0.39 is 41.4 Å². The minimum absolute atomic E-state index is 0.311. The van der Waals surface area contributed by atoms with Crippen LogP contribution in [0.5, 0.6) is 5.75 Å². The topological polar surface area (TPSA) is 146 Å². The molecule has 0 spiro atoms. The Hall–Kier alpha value is -3.90. The van der Waals surface area contributed by atoms with Crippen molar-refractivity contribution in [1.82, 2.24) is 9.88 Å². The normalized spacial score (nSPS) is 20.4. The lowest BCUT2D eigenvalue weighted by Gasteiger charge is -2.30. The molecule has 5 rings (SSSR count). The number of aromatic amines is 1. The number of thioether (sulfide) groups is 1. The molecule has 37 heavy (non-hydrogen) atoms. The second-order valence-corrected chi connectivity index (χ2v) is 10.8. The standard InChI is InChI=1S/C25H21N3O7S2/c1-12-5-4-6-13(9-12)26-16(29)11-35-15-8-3-2-7-14(15)18-19-21(36-22-20(18)37-25(34)27-22)24(33)28(23(19)32)10-17(30)31/h2-9,18-19,21H,10-11H2,1H3,(H,26,29)(H,27,34)(H,30,31)/t18-,19+,21-/m0/s1. The number of aliphatic carboxylic acids is 1. The van der Waals surface area contributed by atoms with Crippen LogP contribution in [0.3, 0.4) is 0 Å². The number of fused-ring (bicyclic) bond motifs is 2. The van der Waals surface area contributed by atoms with Gasteiger partial charge < -0.3 is 20.1 Å². The number of aromatic nitrogens is 1. The molecule has 3 heterocycles. The molecule has 0 unspecified atom stereocenters. The van der Waals surface area contributed by atoms with E-state index in [1.807, 2.05) is 25.1 Å². The van der Waals surface area contributed by atoms with Crippen LogP contribution in [0.2, 0.25) is 0 Å². The summed E-state index contributed by atoms with van der Waals surface area (Å²) in [4.78, 5) is 66.2. The number of nitrogens with one attached hydrogen (secondary N) is 2. The third-order valence-corrected chi connectivity index (χ3v) is 8.52. The van der Waals surface area contributed by atoms with Crippen LogP contribution in [0.15, 0.2) is 58.4 Å². The molecule has 0 bridgehead atoms. The lowest BCUT2D eigenvalue weighted by molar-refractivity contribution is -0.149. The number of aryl methyl sites for hydroxylation is 1. The summed E-state index contributed by atoms with van der Waals surface area (Å²) in [6.07, 6.45) is 0. The van der Waals surface area contributed by atoms with Gasteiger partial charge in [0.15, 0.2) is 6.61 Å². The van der Waals surface area contributed by atoms with Crippen LogP contribution in [0.1, 0.15) is 21.9 Å². The molecule has 1 saturated heterocycles. The fourth-order valence-corrected chi connectivity index (χ4v) is 7.16. The highest BCUT2D eigenvalue weighted by Crippen LogP contribution is 2.53. The first kappa shape index (κ1) is 24.8. The minimum atomic E-state index is -1.30. The van der Waals surface area contributed by atoms with Crippen molar-refractivity contribution in [2.24, 2.45) is 5.92 Å². The summed E-state index contributed by atoms with van der Waals surface area (Å²) in [7, 11) is 0. The average Bonchev–Trinajstić information content (AvgIpc) is 3.33. The van der Waals surface area contributed by atoms with Crippen LogP contribution in [0.25, 0.3) is 0 Å². The number of H-pyrrole nitrogens is 1. The molecule has 3 atom stereocenters. The van der Waals surface area contributed by atoms with Crippen LogP contribution < -0.4 is 14.9 Å². The monoisotopic (exact) mass is 539 g/mol. The summed E-state index contributed by atoms with van der Waals surface area (Å²) >= 11 is 1.99. The predicted octanol–water partition coefficient (Wildman–Crippen LogP) is 2.44. The van der Waals surface area contributed by atoms with E-state index >= 15 is 0 Å². The Bertz CT molecular complexity index is 1480. The van der Waals surface area contributed by atoms with E-state index in [0.717, 1.165) is 33.6 Å². The number of hydrogen-bond acceptors (Lipinski definition) is 8. The van der Waals surface area contributed by atoms with Gasteiger partial charge in [0.2, 0.25) is 11.8 Å². The largest absolute Gasteiger partial charge is 0.483 e. The predicted molar refractivity (Wildman–Crippen MR) is 136 cm³/mol. The molecule has 2 aliphatic heterocycles. The SMILES string of the molecule is Cc1cccc(NC(=O)COc2ccccc2[C@@H]2c3sc(=O)[nH]c3S[C@@H]3C(=O)N(CC(=O)O)C(=O)[C@H]23)c1. The number of carbonyl (C=O) groups excluding carboxylic acids is 3. The third kappa shape index (κ3) is 4.77. The van der Waals surface area contributed by atoms with Gasteiger partial charge in [0, 0.05) is 22.0 Å². The molecule has 3 aromatic rings. The van der Waals surface area contributed by atoms with Gasteiger partial charge in [0.05, 0.1) is 10.9 Å². The van der Waals surface area contributed by atoms with Crippen molar-refractivity contribution in [2.45, 2.75) is 23.1 Å². The Morgan fingerprint density at radius 3 is 2.65 bits per heavy atom. The van der Waals surface area contributed by atoms with Gasteiger partial charge in [-0.15, -0.1) is 0 Å². The second-order valence-electron chi connectivity index (χ2n) is 8.65. The van der Waals surface area contributed by atoms with Crippen molar-refractivity contribution in [3.05, 3.63) is 74.2 Å². The fraction of sp³-hybridized carbons (Fsp3) is 0.240. The van der Waals surface area contributed by atoms with E-state index in [9.17, 15) is 29.1 Å². The highest BCUT2D eigenvalue weighted by Gasteiger charge is 2.56. The molecule has 0 saturated carbocycles. The molecule has 12 heteroatoms. The molecular weight excluding hydrogens is 518 g/mol. The molecule has 0 aliphatic carbocycles. The number of amides is 3. The first-order valence-electron chi connectivity index (χ1n) is 11.3. The summed E-state index contributed by atoms with van der Waals surface area (Å²) in [5.74, 6) is -4.26. The van der Waals surface area contributed by atoms with Crippen molar-refractivity contribution in [1.29, 1.82) is 0 Å². The number of imide groups is 1. The number of anilines is 1. The van der Waals surface area contributed by atoms with Crippen molar-refractivity contribution in [3.8, 4) is 5.75 Å². The van der Waals surface area contributed by atoms with Gasteiger partial charge in [-0.3, -0.25) is 28.9 Å². The zero-order valence-corrected chi connectivity index (χ0v) is 21.1. The number of carboxylic acids is 1. The number of likely N-dealkylation sites (tertiary alicyclic amines) is 1. The quantitative estimate of drug-likeness (QED) is 0.388. The van der Waals surface area contributed by atoms with Gasteiger partial charge in [0.1, 0.15) is 17.5 Å². The van der Waals surface area contributed by atoms with Crippen molar-refractivity contribution < 1.29 is 29.0 Å². The highest BCUT2D eigenvalue weighted by atomic mass is 32.2. The van der Waals surface area contributed by atoms with Crippen molar-refractivity contribution in [2.75, 3.05) is 18.5 Å². The average molecular weight is 540 g/mol. The molecule has 10 nitrogen and oxygen atoms in total. The number of rotatable bonds is 7. The van der Waals surface area contributed by atoms with Gasteiger partial charge >= 0.3 is 10.8 Å². The van der Waals surface area contributed by atoms with E-state index in [0.29, 0.717) is 26.9 Å². The molecule has 2 aromatic carbocycles. The molecule has 3 amide bonds. The smallest absolute Gasteiger partial charge is 0.323 e. The summed E-state index contributed by atoms with van der Waals surface area (Å²) in [6.45, 7) is 0.864. The summed E-state index contributed by atoms with van der Waals surface area (Å²) in [5.41, 5.74) is 2.14. The maximum absolute atomic E-state index is 13.3. The van der Waals surface area contributed by atoms with Crippen LogP contribution in [0, 0.1) is 12.8 Å². The van der Waals surface area contributed by atoms with Gasteiger partial charge in [0.25, 0.3) is 5.91 Å². The van der Waals surface area contributed by atoms with E-state index in [2.05, 4.69) is 10.3 Å². The Labute approximate surface area is 218 Å². The van der Waals surface area contributed by atoms with Crippen molar-refractivity contribution >= 4 is 52.5 Å². The number of carboxylic acid groups (broad SMARTS) is 1. The van der Waals surface area contributed by atoms with Crippen LogP contribution in [-0.4, -0.2) is 57.1 Å². The Morgan fingerprint density at radius 2 is 1.89 bits per heavy atom. The number of thiazole rings is 1. The Balaban J connectivity index is 1.46. The number of hydrogen-bond donors (Lipinski definition) is 3. The molecule has 0 radical (unpaired) electrons. The molecule has 190 valence electrons.